The highest BCUT2D eigenvalue weighted by Gasteiger charge is 2.28. The van der Waals surface area contributed by atoms with E-state index in [1.165, 1.54) is 35.4 Å². The van der Waals surface area contributed by atoms with Crippen LogP contribution in [0.5, 0.6) is 11.5 Å². The molecule has 0 radical (unpaired) electrons. The lowest BCUT2D eigenvalue weighted by molar-refractivity contribution is 0.351. The highest BCUT2D eigenvalue weighted by Crippen LogP contribution is 2.41. The van der Waals surface area contributed by atoms with Gasteiger partial charge >= 0.3 is 0 Å². The molecule has 1 aromatic rings. The third kappa shape index (κ3) is 1.61. The second-order valence-corrected chi connectivity index (χ2v) is 5.58. The third-order valence-electron chi connectivity index (χ3n) is 4.42. The van der Waals surface area contributed by atoms with Crippen LogP contribution in [0.2, 0.25) is 0 Å². The van der Waals surface area contributed by atoms with E-state index < -0.39 is 0 Å². The van der Waals surface area contributed by atoms with E-state index in [0.717, 1.165) is 50.7 Å². The van der Waals surface area contributed by atoms with Crippen molar-refractivity contribution in [1.29, 1.82) is 0 Å². The Hall–Kier alpha value is -1.22. The van der Waals surface area contributed by atoms with Crippen LogP contribution in [-0.2, 0) is 19.3 Å². The molecule has 3 aliphatic rings. The summed E-state index contributed by atoms with van der Waals surface area (Å²) in [6.07, 6.45) is 4.55. The smallest absolute Gasteiger partial charge is 0.126 e. The molecule has 1 atom stereocenters. The van der Waals surface area contributed by atoms with Gasteiger partial charge in [0.2, 0.25) is 0 Å². The van der Waals surface area contributed by atoms with E-state index in [1.54, 1.807) is 0 Å². The Bertz CT molecular complexity index is 446. The maximum absolute atomic E-state index is 5.89. The van der Waals surface area contributed by atoms with Gasteiger partial charge in [-0.2, -0.15) is 0 Å². The number of fused-ring (bicyclic) bond motifs is 2. The van der Waals surface area contributed by atoms with E-state index in [9.17, 15) is 0 Å². The Kier molecular flexibility index (Phi) is 2.47. The molecule has 1 unspecified atom stereocenters. The topological polar surface area (TPSA) is 30.5 Å². The summed E-state index contributed by atoms with van der Waals surface area (Å²) in [5.41, 5.74) is 4.23. The highest BCUT2D eigenvalue weighted by molar-refractivity contribution is 5.56. The van der Waals surface area contributed by atoms with E-state index in [4.69, 9.17) is 9.47 Å². The average molecular weight is 245 g/mol. The van der Waals surface area contributed by atoms with Crippen molar-refractivity contribution in [3.8, 4) is 11.5 Å². The SMILES string of the molecule is c1c2c(c(CC3CCNC3)c3c1OCC3)OCC2. The first-order valence-corrected chi connectivity index (χ1v) is 7.06. The van der Waals surface area contributed by atoms with Crippen LogP contribution in [0.15, 0.2) is 6.07 Å². The zero-order valence-electron chi connectivity index (χ0n) is 10.6. The van der Waals surface area contributed by atoms with Crippen molar-refractivity contribution in [2.45, 2.75) is 25.7 Å². The molecule has 0 aliphatic carbocycles. The van der Waals surface area contributed by atoms with Crippen molar-refractivity contribution < 1.29 is 9.47 Å². The van der Waals surface area contributed by atoms with Gasteiger partial charge < -0.3 is 14.8 Å². The first kappa shape index (κ1) is 10.7. The Morgan fingerprint density at radius 1 is 1.22 bits per heavy atom. The minimum absolute atomic E-state index is 0.769. The fourth-order valence-corrected chi connectivity index (χ4v) is 3.48. The second-order valence-electron chi connectivity index (χ2n) is 5.58. The fraction of sp³-hybridized carbons (Fsp3) is 0.600. The van der Waals surface area contributed by atoms with Crippen molar-refractivity contribution in [2.75, 3.05) is 26.3 Å². The lowest BCUT2D eigenvalue weighted by Crippen LogP contribution is -2.12. The molecular weight excluding hydrogens is 226 g/mol. The van der Waals surface area contributed by atoms with Gasteiger partial charge in [0, 0.05) is 29.5 Å². The van der Waals surface area contributed by atoms with Crippen LogP contribution >= 0.6 is 0 Å². The molecule has 18 heavy (non-hydrogen) atoms. The predicted octanol–water partition coefficient (Wildman–Crippen LogP) is 1.71. The molecule has 1 N–H and O–H groups in total. The average Bonchev–Trinajstić information content (AvgIpc) is 3.08. The van der Waals surface area contributed by atoms with Gasteiger partial charge in [-0.1, -0.05) is 0 Å². The molecule has 0 saturated carbocycles. The minimum Gasteiger partial charge on any atom is -0.493 e. The number of hydrogen-bond acceptors (Lipinski definition) is 3. The Morgan fingerprint density at radius 3 is 3.06 bits per heavy atom. The Balaban J connectivity index is 1.75. The van der Waals surface area contributed by atoms with Crippen molar-refractivity contribution in [3.63, 3.8) is 0 Å². The first-order chi connectivity index (χ1) is 8.92. The molecule has 0 spiro atoms. The van der Waals surface area contributed by atoms with E-state index in [2.05, 4.69) is 11.4 Å². The van der Waals surface area contributed by atoms with Gasteiger partial charge in [-0.3, -0.25) is 0 Å². The summed E-state index contributed by atoms with van der Waals surface area (Å²) < 4.78 is 11.6. The van der Waals surface area contributed by atoms with Crippen LogP contribution in [0, 0.1) is 5.92 Å². The molecule has 0 amide bonds. The monoisotopic (exact) mass is 245 g/mol. The van der Waals surface area contributed by atoms with Crippen LogP contribution in [0.4, 0.5) is 0 Å². The third-order valence-corrected chi connectivity index (χ3v) is 4.42. The summed E-state index contributed by atoms with van der Waals surface area (Å²) >= 11 is 0. The summed E-state index contributed by atoms with van der Waals surface area (Å²) in [4.78, 5) is 0. The molecule has 4 rings (SSSR count). The largest absolute Gasteiger partial charge is 0.493 e. The van der Waals surface area contributed by atoms with Gasteiger partial charge in [0.1, 0.15) is 11.5 Å². The number of ether oxygens (including phenoxy) is 2. The summed E-state index contributed by atoms with van der Waals surface area (Å²) in [7, 11) is 0. The molecule has 3 nitrogen and oxygen atoms in total. The molecule has 3 heteroatoms. The number of nitrogens with one attached hydrogen (secondary N) is 1. The van der Waals surface area contributed by atoms with E-state index in [-0.39, 0.29) is 0 Å². The molecule has 3 aliphatic heterocycles. The van der Waals surface area contributed by atoms with E-state index in [1.807, 2.05) is 0 Å². The summed E-state index contributed by atoms with van der Waals surface area (Å²) in [5.74, 6) is 3.08. The van der Waals surface area contributed by atoms with E-state index in [0.29, 0.717) is 0 Å². The first-order valence-electron chi connectivity index (χ1n) is 7.06. The van der Waals surface area contributed by atoms with Gasteiger partial charge in [0.05, 0.1) is 13.2 Å². The van der Waals surface area contributed by atoms with Crippen molar-refractivity contribution in [3.05, 3.63) is 22.8 Å². The number of benzene rings is 1. The maximum Gasteiger partial charge on any atom is 0.126 e. The van der Waals surface area contributed by atoms with Crippen molar-refractivity contribution in [1.82, 2.24) is 5.32 Å². The molecule has 1 aromatic carbocycles. The number of hydrogen-bond donors (Lipinski definition) is 1. The van der Waals surface area contributed by atoms with Crippen molar-refractivity contribution >= 4 is 0 Å². The van der Waals surface area contributed by atoms with E-state index >= 15 is 0 Å². The van der Waals surface area contributed by atoms with Crippen LogP contribution in [0.25, 0.3) is 0 Å². The van der Waals surface area contributed by atoms with Gasteiger partial charge in [0.15, 0.2) is 0 Å². The summed E-state index contributed by atoms with van der Waals surface area (Å²) in [6.45, 7) is 4.00. The molecule has 96 valence electrons. The summed E-state index contributed by atoms with van der Waals surface area (Å²) in [5, 5.41) is 3.46. The standard InChI is InChI=1S/C15H19NO2/c1-4-16-9-10(1)7-13-12-3-6-17-14(12)8-11-2-5-18-15(11)13/h8,10,16H,1-7,9H2. The molecule has 0 bridgehead atoms. The molecule has 1 saturated heterocycles. The van der Waals surface area contributed by atoms with Crippen LogP contribution in [0.1, 0.15) is 23.1 Å². The molecule has 0 aromatic heterocycles. The van der Waals surface area contributed by atoms with Gasteiger partial charge in [-0.05, 0) is 37.9 Å². The molecule has 3 heterocycles. The number of rotatable bonds is 2. The molecule has 1 fully saturated rings. The van der Waals surface area contributed by atoms with Crippen LogP contribution in [-0.4, -0.2) is 26.3 Å². The zero-order valence-corrected chi connectivity index (χ0v) is 10.6. The van der Waals surface area contributed by atoms with Crippen LogP contribution < -0.4 is 14.8 Å². The van der Waals surface area contributed by atoms with Gasteiger partial charge in [-0.15, -0.1) is 0 Å². The fourth-order valence-electron chi connectivity index (χ4n) is 3.48. The quantitative estimate of drug-likeness (QED) is 0.860. The van der Waals surface area contributed by atoms with Crippen LogP contribution in [0.3, 0.4) is 0 Å². The predicted molar refractivity (Wildman–Crippen MR) is 69.5 cm³/mol. The van der Waals surface area contributed by atoms with Crippen molar-refractivity contribution in [2.24, 2.45) is 5.92 Å². The zero-order chi connectivity index (χ0) is 11.9. The lowest BCUT2D eigenvalue weighted by Gasteiger charge is -2.15. The normalized spacial score (nSPS) is 24.6. The summed E-state index contributed by atoms with van der Waals surface area (Å²) in [6, 6.07) is 2.21. The second kappa shape index (κ2) is 4.16. The Morgan fingerprint density at radius 2 is 2.17 bits per heavy atom. The molecular formula is C15H19NO2. The minimum atomic E-state index is 0.769. The van der Waals surface area contributed by atoms with Gasteiger partial charge in [0.25, 0.3) is 0 Å². The highest BCUT2D eigenvalue weighted by atomic mass is 16.5. The Labute approximate surface area is 107 Å². The maximum atomic E-state index is 5.89. The van der Waals surface area contributed by atoms with Gasteiger partial charge in [-0.25, -0.2) is 0 Å². The lowest BCUT2D eigenvalue weighted by atomic mass is 9.91.